The van der Waals surface area contributed by atoms with Crippen LogP contribution in [0.15, 0.2) is 43.2 Å². The number of hydrogen-bond donors (Lipinski definition) is 3. The first-order valence-corrected chi connectivity index (χ1v) is 10.2. The Kier molecular flexibility index (Phi) is 6.05. The van der Waals surface area contributed by atoms with Crippen molar-refractivity contribution in [1.29, 1.82) is 0 Å². The third-order valence-electron chi connectivity index (χ3n) is 5.59. The predicted molar refractivity (Wildman–Crippen MR) is 119 cm³/mol. The zero-order valence-corrected chi connectivity index (χ0v) is 17.8. The van der Waals surface area contributed by atoms with Crippen molar-refractivity contribution in [3.05, 3.63) is 54.4 Å². The number of hydrogen-bond acceptors (Lipinski definition) is 6. The molecule has 1 fully saturated rings. The molecule has 0 aliphatic carbocycles. The van der Waals surface area contributed by atoms with Gasteiger partial charge in [-0.2, -0.15) is 0 Å². The summed E-state index contributed by atoms with van der Waals surface area (Å²) in [5.41, 5.74) is 2.95. The molecule has 3 N–H and O–H groups in total. The number of rotatable bonds is 5. The number of amides is 1. The molecule has 2 aromatic rings. The van der Waals surface area contributed by atoms with E-state index in [1.165, 1.54) is 6.08 Å². The van der Waals surface area contributed by atoms with Crippen molar-refractivity contribution in [3.8, 4) is 23.5 Å². The van der Waals surface area contributed by atoms with Gasteiger partial charge in [0.25, 0.3) is 0 Å². The van der Waals surface area contributed by atoms with E-state index in [1.807, 2.05) is 40.4 Å². The van der Waals surface area contributed by atoms with Crippen molar-refractivity contribution >= 4 is 11.6 Å². The summed E-state index contributed by atoms with van der Waals surface area (Å²) < 4.78 is 10.7. The molecule has 0 bridgehead atoms. The SMILES string of the molecule is C=CC(=O)N1CCC(N[C@H]2c3c[nH]cc3NCN2C#Cc2cc(OC)cc(OC)c2)C1. The van der Waals surface area contributed by atoms with Gasteiger partial charge in [0, 0.05) is 54.8 Å². The first kappa shape index (κ1) is 20.7. The summed E-state index contributed by atoms with van der Waals surface area (Å²) in [6.07, 6.45) is 6.08. The van der Waals surface area contributed by atoms with E-state index >= 15 is 0 Å². The Balaban J connectivity index is 1.56. The fraction of sp³-hybridized carbons (Fsp3) is 0.348. The van der Waals surface area contributed by atoms with Gasteiger partial charge in [0.15, 0.2) is 0 Å². The first-order chi connectivity index (χ1) is 15.1. The van der Waals surface area contributed by atoms with Crippen LogP contribution < -0.4 is 20.1 Å². The number of carbonyl (C=O) groups excluding carboxylic acids is 1. The molecular formula is C23H27N5O3. The maximum Gasteiger partial charge on any atom is 0.246 e. The van der Waals surface area contributed by atoms with Gasteiger partial charge in [-0.25, -0.2) is 0 Å². The maximum atomic E-state index is 11.9. The molecule has 4 rings (SSSR count). The molecule has 3 heterocycles. The molecule has 2 aliphatic heterocycles. The Morgan fingerprint density at radius 1 is 1.26 bits per heavy atom. The Labute approximate surface area is 182 Å². The molecular weight excluding hydrogens is 394 g/mol. The smallest absolute Gasteiger partial charge is 0.246 e. The van der Waals surface area contributed by atoms with Gasteiger partial charge < -0.3 is 24.7 Å². The van der Waals surface area contributed by atoms with E-state index < -0.39 is 0 Å². The summed E-state index contributed by atoms with van der Waals surface area (Å²) in [6.45, 7) is 5.54. The van der Waals surface area contributed by atoms with Crippen LogP contribution in [0.25, 0.3) is 0 Å². The van der Waals surface area contributed by atoms with Gasteiger partial charge in [0.2, 0.25) is 5.91 Å². The number of fused-ring (bicyclic) bond motifs is 1. The number of benzene rings is 1. The number of nitrogens with one attached hydrogen (secondary N) is 3. The minimum absolute atomic E-state index is 0.0273. The molecule has 0 saturated carbocycles. The Hall–Kier alpha value is -3.57. The minimum atomic E-state index is -0.105. The molecule has 31 heavy (non-hydrogen) atoms. The van der Waals surface area contributed by atoms with Crippen molar-refractivity contribution in [3.63, 3.8) is 0 Å². The molecule has 1 saturated heterocycles. The van der Waals surface area contributed by atoms with Crippen molar-refractivity contribution in [1.82, 2.24) is 20.1 Å². The second kappa shape index (κ2) is 9.06. The normalized spacial score (nSPS) is 19.7. The van der Waals surface area contributed by atoms with Gasteiger partial charge in [0.05, 0.1) is 26.6 Å². The number of carbonyl (C=O) groups is 1. The van der Waals surface area contributed by atoms with Crippen molar-refractivity contribution in [2.45, 2.75) is 18.6 Å². The summed E-state index contributed by atoms with van der Waals surface area (Å²) in [6, 6.07) is 9.04. The second-order valence-electron chi connectivity index (χ2n) is 7.51. The number of nitrogens with zero attached hydrogens (tertiary/aromatic N) is 2. The van der Waals surface area contributed by atoms with Crippen molar-refractivity contribution < 1.29 is 14.3 Å². The molecule has 0 radical (unpaired) electrons. The molecule has 1 aromatic carbocycles. The van der Waals surface area contributed by atoms with Crippen LogP contribution in [-0.4, -0.2) is 60.7 Å². The number of likely N-dealkylation sites (tertiary alicyclic amines) is 1. The zero-order valence-electron chi connectivity index (χ0n) is 17.8. The predicted octanol–water partition coefficient (Wildman–Crippen LogP) is 2.10. The molecule has 1 unspecified atom stereocenters. The lowest BCUT2D eigenvalue weighted by Crippen LogP contribution is -2.46. The van der Waals surface area contributed by atoms with Gasteiger partial charge in [0.1, 0.15) is 17.7 Å². The quantitative estimate of drug-likeness (QED) is 0.507. The summed E-state index contributed by atoms with van der Waals surface area (Å²) in [4.78, 5) is 19.0. The molecule has 2 atom stereocenters. The van der Waals surface area contributed by atoms with E-state index in [0.717, 1.165) is 29.8 Å². The third kappa shape index (κ3) is 4.47. The fourth-order valence-electron chi connectivity index (χ4n) is 3.93. The van der Waals surface area contributed by atoms with E-state index in [1.54, 1.807) is 14.2 Å². The highest BCUT2D eigenvalue weighted by Crippen LogP contribution is 2.31. The number of aromatic nitrogens is 1. The highest BCUT2D eigenvalue weighted by Gasteiger charge is 2.32. The summed E-state index contributed by atoms with van der Waals surface area (Å²) in [5.74, 6) is 4.59. The maximum absolute atomic E-state index is 11.9. The average molecular weight is 422 g/mol. The highest BCUT2D eigenvalue weighted by atomic mass is 16.5. The minimum Gasteiger partial charge on any atom is -0.497 e. The lowest BCUT2D eigenvalue weighted by atomic mass is 10.1. The van der Waals surface area contributed by atoms with Crippen LogP contribution in [-0.2, 0) is 4.79 Å². The summed E-state index contributed by atoms with van der Waals surface area (Å²) >= 11 is 0. The number of ether oxygens (including phenoxy) is 2. The van der Waals surface area contributed by atoms with Gasteiger partial charge in [-0.15, -0.1) is 0 Å². The van der Waals surface area contributed by atoms with Gasteiger partial charge in [-0.3, -0.25) is 15.0 Å². The lowest BCUT2D eigenvalue weighted by molar-refractivity contribution is -0.125. The van der Waals surface area contributed by atoms with Gasteiger partial charge in [-0.05, 0) is 30.6 Å². The van der Waals surface area contributed by atoms with Crippen LogP contribution in [0, 0.1) is 12.0 Å². The molecule has 8 heteroatoms. The molecule has 1 amide bonds. The first-order valence-electron chi connectivity index (χ1n) is 10.2. The molecule has 0 spiro atoms. The topological polar surface area (TPSA) is 81.9 Å². The van der Waals surface area contributed by atoms with E-state index in [0.29, 0.717) is 24.7 Å². The van der Waals surface area contributed by atoms with E-state index in [2.05, 4.69) is 34.2 Å². The highest BCUT2D eigenvalue weighted by molar-refractivity contribution is 5.87. The zero-order chi connectivity index (χ0) is 21.8. The second-order valence-corrected chi connectivity index (χ2v) is 7.51. The van der Waals surface area contributed by atoms with Crippen molar-refractivity contribution in [2.75, 3.05) is 39.3 Å². The monoisotopic (exact) mass is 421 g/mol. The van der Waals surface area contributed by atoms with Gasteiger partial charge in [-0.1, -0.05) is 6.58 Å². The van der Waals surface area contributed by atoms with E-state index in [-0.39, 0.29) is 18.1 Å². The van der Waals surface area contributed by atoms with E-state index in [9.17, 15) is 4.79 Å². The lowest BCUT2D eigenvalue weighted by Gasteiger charge is -2.36. The van der Waals surface area contributed by atoms with Crippen LogP contribution in [0.4, 0.5) is 5.69 Å². The number of aromatic amines is 1. The Morgan fingerprint density at radius 3 is 2.74 bits per heavy atom. The average Bonchev–Trinajstić information content (AvgIpc) is 3.47. The Morgan fingerprint density at radius 2 is 2.03 bits per heavy atom. The molecule has 1 aromatic heterocycles. The van der Waals surface area contributed by atoms with Gasteiger partial charge >= 0.3 is 0 Å². The summed E-state index contributed by atoms with van der Waals surface area (Å²) in [7, 11) is 3.24. The van der Waals surface area contributed by atoms with Crippen LogP contribution in [0.3, 0.4) is 0 Å². The van der Waals surface area contributed by atoms with Crippen LogP contribution in [0.5, 0.6) is 11.5 Å². The van der Waals surface area contributed by atoms with Crippen LogP contribution in [0.1, 0.15) is 23.7 Å². The van der Waals surface area contributed by atoms with Crippen LogP contribution >= 0.6 is 0 Å². The third-order valence-corrected chi connectivity index (χ3v) is 5.59. The standard InChI is InChI=1S/C23H27N5O3/c1-4-22(29)27-8-6-17(14-27)26-23-20-12-24-13-21(20)25-15-28(23)7-5-16-9-18(30-2)11-19(10-16)31-3/h4,9-13,17,23-26H,1,6,8,14-15H2,2-3H3/t17?,23-/m1/s1. The molecule has 8 nitrogen and oxygen atoms in total. The van der Waals surface area contributed by atoms with Crippen molar-refractivity contribution in [2.24, 2.45) is 0 Å². The molecule has 162 valence electrons. The van der Waals surface area contributed by atoms with E-state index in [4.69, 9.17) is 9.47 Å². The Bertz CT molecular complexity index is 999. The number of anilines is 1. The fourth-order valence-corrected chi connectivity index (χ4v) is 3.93. The number of H-pyrrole nitrogens is 1. The number of methoxy groups -OCH3 is 2. The summed E-state index contributed by atoms with van der Waals surface area (Å²) in [5, 5.41) is 7.08. The molecule has 2 aliphatic rings. The van der Waals surface area contributed by atoms with Crippen LogP contribution in [0.2, 0.25) is 0 Å². The largest absolute Gasteiger partial charge is 0.497 e.